The summed E-state index contributed by atoms with van der Waals surface area (Å²) < 4.78 is 5.57. The SMILES string of the molecule is CCCOc1ccc(C(=O)N2CCC(C)(C(=O)O)Cc3ccccc32)c(Cl)c1. The molecule has 1 aliphatic heterocycles. The molecule has 2 aromatic carbocycles. The van der Waals surface area contributed by atoms with E-state index >= 15 is 0 Å². The van der Waals surface area contributed by atoms with Gasteiger partial charge in [-0.15, -0.1) is 0 Å². The van der Waals surface area contributed by atoms with Gasteiger partial charge < -0.3 is 14.7 Å². The van der Waals surface area contributed by atoms with Crippen LogP contribution in [0.2, 0.25) is 5.02 Å². The Morgan fingerprint density at radius 2 is 2.00 bits per heavy atom. The van der Waals surface area contributed by atoms with E-state index in [4.69, 9.17) is 16.3 Å². The zero-order valence-corrected chi connectivity index (χ0v) is 16.8. The first-order chi connectivity index (χ1) is 13.4. The molecule has 0 aromatic heterocycles. The molecule has 1 heterocycles. The summed E-state index contributed by atoms with van der Waals surface area (Å²) in [7, 11) is 0. The Kier molecular flexibility index (Phi) is 5.94. The van der Waals surface area contributed by atoms with Crippen LogP contribution in [0.3, 0.4) is 0 Å². The number of benzene rings is 2. The van der Waals surface area contributed by atoms with Crippen molar-refractivity contribution >= 4 is 29.2 Å². The number of anilines is 1. The van der Waals surface area contributed by atoms with Gasteiger partial charge in [-0.2, -0.15) is 0 Å². The monoisotopic (exact) mass is 401 g/mol. The van der Waals surface area contributed by atoms with Gasteiger partial charge in [-0.05, 0) is 56.0 Å². The highest BCUT2D eigenvalue weighted by Gasteiger charge is 2.38. The number of carboxylic acids is 1. The number of rotatable bonds is 5. The number of aliphatic carboxylic acids is 1. The van der Waals surface area contributed by atoms with Crippen molar-refractivity contribution in [2.75, 3.05) is 18.1 Å². The molecule has 0 radical (unpaired) electrons. The van der Waals surface area contributed by atoms with Gasteiger partial charge in [-0.25, -0.2) is 0 Å². The van der Waals surface area contributed by atoms with Crippen LogP contribution < -0.4 is 9.64 Å². The van der Waals surface area contributed by atoms with E-state index < -0.39 is 11.4 Å². The zero-order chi connectivity index (χ0) is 20.3. The average molecular weight is 402 g/mol. The van der Waals surface area contributed by atoms with E-state index in [1.54, 1.807) is 30.0 Å². The molecule has 0 bridgehead atoms. The van der Waals surface area contributed by atoms with Crippen molar-refractivity contribution < 1.29 is 19.4 Å². The quantitative estimate of drug-likeness (QED) is 0.780. The van der Waals surface area contributed by atoms with E-state index in [1.165, 1.54) is 0 Å². The molecule has 3 rings (SSSR count). The number of hydrogen-bond acceptors (Lipinski definition) is 3. The number of halogens is 1. The molecule has 0 spiro atoms. The second kappa shape index (κ2) is 8.23. The molecule has 28 heavy (non-hydrogen) atoms. The number of ether oxygens (including phenoxy) is 1. The van der Waals surface area contributed by atoms with Crippen LogP contribution >= 0.6 is 11.6 Å². The summed E-state index contributed by atoms with van der Waals surface area (Å²) in [5.41, 5.74) is 1.03. The molecule has 0 fully saturated rings. The first kappa shape index (κ1) is 20.2. The van der Waals surface area contributed by atoms with Crippen LogP contribution in [0.1, 0.15) is 42.6 Å². The van der Waals surface area contributed by atoms with Crippen molar-refractivity contribution in [3.63, 3.8) is 0 Å². The number of nitrogens with zero attached hydrogens (tertiary/aromatic N) is 1. The normalized spacial score (nSPS) is 18.9. The van der Waals surface area contributed by atoms with E-state index in [0.717, 1.165) is 17.7 Å². The highest BCUT2D eigenvalue weighted by Crippen LogP contribution is 2.37. The molecule has 0 saturated heterocycles. The number of hydrogen-bond donors (Lipinski definition) is 1. The Balaban J connectivity index is 1.95. The topological polar surface area (TPSA) is 66.8 Å². The molecule has 0 aliphatic carbocycles. The summed E-state index contributed by atoms with van der Waals surface area (Å²) in [5.74, 6) is -0.473. The number of fused-ring (bicyclic) bond motifs is 1. The van der Waals surface area contributed by atoms with Crippen LogP contribution in [0.4, 0.5) is 5.69 Å². The minimum Gasteiger partial charge on any atom is -0.494 e. The summed E-state index contributed by atoms with van der Waals surface area (Å²) in [6.45, 7) is 4.63. The number of carbonyl (C=O) groups is 2. The third-order valence-electron chi connectivity index (χ3n) is 5.16. The second-order valence-electron chi connectivity index (χ2n) is 7.37. The highest BCUT2D eigenvalue weighted by atomic mass is 35.5. The van der Waals surface area contributed by atoms with E-state index in [2.05, 4.69) is 0 Å². The summed E-state index contributed by atoms with van der Waals surface area (Å²) in [6, 6.07) is 12.5. The number of carboxylic acid groups (broad SMARTS) is 1. The predicted molar refractivity (Wildman–Crippen MR) is 109 cm³/mol. The zero-order valence-electron chi connectivity index (χ0n) is 16.1. The van der Waals surface area contributed by atoms with Gasteiger partial charge in [0.2, 0.25) is 0 Å². The lowest BCUT2D eigenvalue weighted by molar-refractivity contribution is -0.148. The fourth-order valence-electron chi connectivity index (χ4n) is 3.43. The van der Waals surface area contributed by atoms with Gasteiger partial charge in [0, 0.05) is 12.2 Å². The summed E-state index contributed by atoms with van der Waals surface area (Å²) in [5, 5.41) is 10.0. The molecule has 5 nitrogen and oxygen atoms in total. The smallest absolute Gasteiger partial charge is 0.309 e. The van der Waals surface area contributed by atoms with Crippen LogP contribution in [0, 0.1) is 5.41 Å². The van der Waals surface area contributed by atoms with Gasteiger partial charge in [-0.1, -0.05) is 36.7 Å². The molecule has 2 aromatic rings. The van der Waals surface area contributed by atoms with Crippen molar-refractivity contribution in [3.05, 3.63) is 58.6 Å². The Hall–Kier alpha value is -2.53. The van der Waals surface area contributed by atoms with Crippen molar-refractivity contribution in [2.45, 2.75) is 33.1 Å². The molecule has 1 unspecified atom stereocenters. The van der Waals surface area contributed by atoms with E-state index in [1.807, 2.05) is 31.2 Å². The maximum absolute atomic E-state index is 13.3. The maximum Gasteiger partial charge on any atom is 0.309 e. The number of amides is 1. The van der Waals surface area contributed by atoms with Gasteiger partial charge in [0.15, 0.2) is 0 Å². The van der Waals surface area contributed by atoms with Crippen LogP contribution in [0.5, 0.6) is 5.75 Å². The first-order valence-electron chi connectivity index (χ1n) is 9.41. The Morgan fingerprint density at radius 1 is 1.25 bits per heavy atom. The van der Waals surface area contributed by atoms with Crippen molar-refractivity contribution in [3.8, 4) is 5.75 Å². The first-order valence-corrected chi connectivity index (χ1v) is 9.79. The third kappa shape index (κ3) is 3.99. The van der Waals surface area contributed by atoms with Crippen LogP contribution in [-0.4, -0.2) is 30.1 Å². The Labute approximate surface area is 169 Å². The van der Waals surface area contributed by atoms with Gasteiger partial charge >= 0.3 is 5.97 Å². The molecule has 6 heteroatoms. The number of para-hydroxylation sites is 1. The maximum atomic E-state index is 13.3. The standard InChI is InChI=1S/C22H24ClNO4/c1-3-12-28-16-8-9-17(18(23)13-16)20(25)24-11-10-22(2,21(26)27)14-15-6-4-5-7-19(15)24/h4-9,13H,3,10-12,14H2,1-2H3,(H,26,27). The highest BCUT2D eigenvalue weighted by molar-refractivity contribution is 6.34. The molecule has 1 amide bonds. The molecule has 0 saturated carbocycles. The van der Waals surface area contributed by atoms with Crippen molar-refractivity contribution in [1.29, 1.82) is 0 Å². The fourth-order valence-corrected chi connectivity index (χ4v) is 3.68. The van der Waals surface area contributed by atoms with E-state index in [-0.39, 0.29) is 5.91 Å². The van der Waals surface area contributed by atoms with Crippen LogP contribution in [0.15, 0.2) is 42.5 Å². The summed E-state index contributed by atoms with van der Waals surface area (Å²) in [4.78, 5) is 26.8. The summed E-state index contributed by atoms with van der Waals surface area (Å²) in [6.07, 6.45) is 1.61. The van der Waals surface area contributed by atoms with Gasteiger partial charge in [0.05, 0.1) is 22.6 Å². The second-order valence-corrected chi connectivity index (χ2v) is 7.78. The van der Waals surface area contributed by atoms with Crippen LogP contribution in [0.25, 0.3) is 0 Å². The lowest BCUT2D eigenvalue weighted by Crippen LogP contribution is -2.35. The molecule has 1 N–H and O–H groups in total. The lowest BCUT2D eigenvalue weighted by atomic mass is 9.81. The van der Waals surface area contributed by atoms with Gasteiger partial charge in [0.25, 0.3) is 5.91 Å². The van der Waals surface area contributed by atoms with Crippen LogP contribution in [-0.2, 0) is 11.2 Å². The van der Waals surface area contributed by atoms with Crippen molar-refractivity contribution in [2.24, 2.45) is 5.41 Å². The molecular formula is C22H24ClNO4. The molecule has 148 valence electrons. The fraction of sp³-hybridized carbons (Fsp3) is 0.364. The molecule has 1 atom stereocenters. The van der Waals surface area contributed by atoms with Gasteiger partial charge in [0.1, 0.15) is 5.75 Å². The summed E-state index contributed by atoms with van der Waals surface area (Å²) >= 11 is 6.38. The van der Waals surface area contributed by atoms with Crippen molar-refractivity contribution in [1.82, 2.24) is 0 Å². The predicted octanol–water partition coefficient (Wildman–Crippen LogP) is 4.81. The minimum atomic E-state index is -0.924. The largest absolute Gasteiger partial charge is 0.494 e. The van der Waals surface area contributed by atoms with E-state index in [0.29, 0.717) is 42.3 Å². The van der Waals surface area contributed by atoms with Gasteiger partial charge in [-0.3, -0.25) is 9.59 Å². The minimum absolute atomic E-state index is 0.242. The third-order valence-corrected chi connectivity index (χ3v) is 5.47. The Bertz CT molecular complexity index is 898. The average Bonchev–Trinajstić information content (AvgIpc) is 2.82. The lowest BCUT2D eigenvalue weighted by Gasteiger charge is -2.24. The van der Waals surface area contributed by atoms with E-state index in [9.17, 15) is 14.7 Å². The number of carbonyl (C=O) groups excluding carboxylic acids is 1. The molecule has 1 aliphatic rings. The molecular weight excluding hydrogens is 378 g/mol. The Morgan fingerprint density at radius 3 is 2.68 bits per heavy atom.